The Bertz CT molecular complexity index is 581. The quantitative estimate of drug-likeness (QED) is 0.833. The van der Waals surface area contributed by atoms with Gasteiger partial charge in [0.1, 0.15) is 11.3 Å². The Balaban J connectivity index is 1.74. The molecule has 1 aliphatic carbocycles. The summed E-state index contributed by atoms with van der Waals surface area (Å²) in [6, 6.07) is 5.97. The highest BCUT2D eigenvalue weighted by molar-refractivity contribution is 5.78. The van der Waals surface area contributed by atoms with Gasteiger partial charge in [0.25, 0.3) is 0 Å². The summed E-state index contributed by atoms with van der Waals surface area (Å²) in [4.78, 5) is 4.33. The summed E-state index contributed by atoms with van der Waals surface area (Å²) in [5, 5.41) is 3.48. The number of aromatic nitrogens is 1. The fourth-order valence-electron chi connectivity index (χ4n) is 3.18. The SMILES string of the molecule is C1=C(c2cc3ncccc3o2)CCC2CNCC12. The number of hydrogen-bond donors (Lipinski definition) is 1. The van der Waals surface area contributed by atoms with Gasteiger partial charge in [-0.1, -0.05) is 6.08 Å². The highest BCUT2D eigenvalue weighted by Gasteiger charge is 2.29. The Morgan fingerprint density at radius 2 is 2.33 bits per heavy atom. The van der Waals surface area contributed by atoms with Gasteiger partial charge in [-0.3, -0.25) is 4.98 Å². The largest absolute Gasteiger partial charge is 0.455 e. The number of nitrogens with one attached hydrogen (secondary N) is 1. The van der Waals surface area contributed by atoms with Crippen LogP contribution >= 0.6 is 0 Å². The van der Waals surface area contributed by atoms with Crippen molar-refractivity contribution in [3.8, 4) is 0 Å². The Labute approximate surface area is 106 Å². The van der Waals surface area contributed by atoms with Gasteiger partial charge in [-0.25, -0.2) is 0 Å². The average molecular weight is 240 g/mol. The van der Waals surface area contributed by atoms with Gasteiger partial charge in [0.15, 0.2) is 5.58 Å². The number of rotatable bonds is 1. The van der Waals surface area contributed by atoms with Crippen LogP contribution in [-0.4, -0.2) is 18.1 Å². The summed E-state index contributed by atoms with van der Waals surface area (Å²) in [6.07, 6.45) is 6.62. The van der Waals surface area contributed by atoms with Crippen molar-refractivity contribution in [3.05, 3.63) is 36.2 Å². The molecule has 0 bridgehead atoms. The predicted octanol–water partition coefficient (Wildman–Crippen LogP) is 2.84. The Hall–Kier alpha value is -1.61. The number of allylic oxidation sites excluding steroid dienone is 1. The summed E-state index contributed by atoms with van der Waals surface area (Å²) < 4.78 is 5.90. The van der Waals surface area contributed by atoms with E-state index in [2.05, 4.69) is 22.4 Å². The molecule has 0 radical (unpaired) electrons. The lowest BCUT2D eigenvalue weighted by molar-refractivity contribution is 0.443. The summed E-state index contributed by atoms with van der Waals surface area (Å²) in [5.74, 6) is 2.53. The summed E-state index contributed by atoms with van der Waals surface area (Å²) in [5.41, 5.74) is 3.21. The van der Waals surface area contributed by atoms with E-state index in [1.54, 1.807) is 0 Å². The molecule has 3 heteroatoms. The van der Waals surface area contributed by atoms with E-state index in [0.717, 1.165) is 35.7 Å². The molecule has 2 aliphatic rings. The van der Waals surface area contributed by atoms with Gasteiger partial charge < -0.3 is 9.73 Å². The second kappa shape index (κ2) is 3.95. The molecule has 1 fully saturated rings. The highest BCUT2D eigenvalue weighted by Crippen LogP contribution is 2.37. The first-order valence-corrected chi connectivity index (χ1v) is 6.66. The normalized spacial score (nSPS) is 27.2. The lowest BCUT2D eigenvalue weighted by atomic mass is 9.82. The molecule has 1 N–H and O–H groups in total. The molecule has 92 valence electrons. The van der Waals surface area contributed by atoms with E-state index >= 15 is 0 Å². The molecular formula is C15H16N2O. The van der Waals surface area contributed by atoms with Crippen molar-refractivity contribution < 1.29 is 4.42 Å². The van der Waals surface area contributed by atoms with Gasteiger partial charge in [-0.2, -0.15) is 0 Å². The molecule has 2 unspecified atom stereocenters. The van der Waals surface area contributed by atoms with Crippen LogP contribution in [0.2, 0.25) is 0 Å². The molecule has 18 heavy (non-hydrogen) atoms. The van der Waals surface area contributed by atoms with Crippen LogP contribution in [-0.2, 0) is 0 Å². The van der Waals surface area contributed by atoms with Crippen LogP contribution < -0.4 is 5.32 Å². The highest BCUT2D eigenvalue weighted by atomic mass is 16.3. The first-order valence-electron chi connectivity index (χ1n) is 6.66. The van der Waals surface area contributed by atoms with Crippen molar-refractivity contribution >= 4 is 16.7 Å². The molecule has 2 atom stereocenters. The fourth-order valence-corrected chi connectivity index (χ4v) is 3.18. The number of furan rings is 1. The zero-order valence-electron chi connectivity index (χ0n) is 10.2. The number of hydrogen-bond acceptors (Lipinski definition) is 3. The van der Waals surface area contributed by atoms with Gasteiger partial charge in [0.05, 0.1) is 0 Å². The minimum Gasteiger partial charge on any atom is -0.455 e. The van der Waals surface area contributed by atoms with Crippen molar-refractivity contribution in [1.29, 1.82) is 0 Å². The molecule has 0 saturated carbocycles. The zero-order chi connectivity index (χ0) is 11.9. The van der Waals surface area contributed by atoms with Crippen molar-refractivity contribution in [1.82, 2.24) is 10.3 Å². The maximum Gasteiger partial charge on any atom is 0.153 e. The molecule has 0 aromatic carbocycles. The Morgan fingerprint density at radius 1 is 1.33 bits per heavy atom. The summed E-state index contributed by atoms with van der Waals surface area (Å²) in [7, 11) is 0. The molecule has 0 amide bonds. The van der Waals surface area contributed by atoms with Crippen LogP contribution in [0.1, 0.15) is 18.6 Å². The van der Waals surface area contributed by atoms with E-state index in [1.807, 2.05) is 18.3 Å². The third-order valence-electron chi connectivity index (χ3n) is 4.20. The van der Waals surface area contributed by atoms with E-state index in [4.69, 9.17) is 4.42 Å². The second-order valence-electron chi connectivity index (χ2n) is 5.31. The van der Waals surface area contributed by atoms with Gasteiger partial charge >= 0.3 is 0 Å². The Kier molecular flexibility index (Phi) is 2.27. The minimum absolute atomic E-state index is 0.690. The standard InChI is InChI=1S/C15H16N2O/c1-2-14-13(17-5-1)7-15(18-14)10-3-4-11-8-16-9-12(11)6-10/h1-2,5-7,11-12,16H,3-4,8-9H2. The van der Waals surface area contributed by atoms with E-state index in [1.165, 1.54) is 18.5 Å². The van der Waals surface area contributed by atoms with E-state index in [0.29, 0.717) is 5.92 Å². The minimum atomic E-state index is 0.690. The molecule has 0 spiro atoms. The zero-order valence-corrected chi connectivity index (χ0v) is 10.2. The monoisotopic (exact) mass is 240 g/mol. The number of fused-ring (bicyclic) bond motifs is 2. The third-order valence-corrected chi connectivity index (χ3v) is 4.20. The van der Waals surface area contributed by atoms with Crippen LogP contribution in [0.5, 0.6) is 0 Å². The van der Waals surface area contributed by atoms with Gasteiger partial charge in [0.2, 0.25) is 0 Å². The van der Waals surface area contributed by atoms with E-state index in [-0.39, 0.29) is 0 Å². The molecule has 1 saturated heterocycles. The molecule has 2 aromatic rings. The van der Waals surface area contributed by atoms with E-state index < -0.39 is 0 Å². The summed E-state index contributed by atoms with van der Waals surface area (Å²) in [6.45, 7) is 2.29. The van der Waals surface area contributed by atoms with E-state index in [9.17, 15) is 0 Å². The molecule has 1 aliphatic heterocycles. The molecule has 4 rings (SSSR count). The summed E-state index contributed by atoms with van der Waals surface area (Å²) >= 11 is 0. The van der Waals surface area contributed by atoms with Gasteiger partial charge in [-0.05, 0) is 48.9 Å². The average Bonchev–Trinajstić information content (AvgIpc) is 3.04. The third kappa shape index (κ3) is 1.58. The first kappa shape index (κ1) is 10.3. The van der Waals surface area contributed by atoms with Gasteiger partial charge in [0, 0.05) is 18.8 Å². The van der Waals surface area contributed by atoms with Crippen molar-refractivity contribution in [2.75, 3.05) is 13.1 Å². The van der Waals surface area contributed by atoms with Crippen LogP contribution in [0.15, 0.2) is 34.9 Å². The fraction of sp³-hybridized carbons (Fsp3) is 0.400. The lowest BCUT2D eigenvalue weighted by Gasteiger charge is -2.22. The first-order chi connectivity index (χ1) is 8.90. The molecular weight excluding hydrogens is 224 g/mol. The lowest BCUT2D eigenvalue weighted by Crippen LogP contribution is -2.14. The number of pyridine rings is 1. The smallest absolute Gasteiger partial charge is 0.153 e. The van der Waals surface area contributed by atoms with Crippen molar-refractivity contribution in [2.45, 2.75) is 12.8 Å². The van der Waals surface area contributed by atoms with Crippen LogP contribution in [0, 0.1) is 11.8 Å². The van der Waals surface area contributed by atoms with Crippen LogP contribution in [0.25, 0.3) is 16.7 Å². The van der Waals surface area contributed by atoms with Gasteiger partial charge in [-0.15, -0.1) is 0 Å². The molecule has 3 nitrogen and oxygen atoms in total. The Morgan fingerprint density at radius 3 is 3.28 bits per heavy atom. The molecule has 3 heterocycles. The van der Waals surface area contributed by atoms with Crippen molar-refractivity contribution in [3.63, 3.8) is 0 Å². The second-order valence-corrected chi connectivity index (χ2v) is 5.31. The maximum absolute atomic E-state index is 5.90. The van der Waals surface area contributed by atoms with Crippen LogP contribution in [0.4, 0.5) is 0 Å². The maximum atomic E-state index is 5.90. The van der Waals surface area contributed by atoms with Crippen LogP contribution in [0.3, 0.4) is 0 Å². The number of nitrogens with zero attached hydrogens (tertiary/aromatic N) is 1. The van der Waals surface area contributed by atoms with Crippen molar-refractivity contribution in [2.24, 2.45) is 11.8 Å². The molecule has 2 aromatic heterocycles. The topological polar surface area (TPSA) is 38.1 Å². The predicted molar refractivity (Wildman–Crippen MR) is 71.1 cm³/mol.